The summed E-state index contributed by atoms with van der Waals surface area (Å²) in [5.41, 5.74) is 1.88. The molecule has 0 atom stereocenters. The van der Waals surface area contributed by atoms with Crippen molar-refractivity contribution in [3.8, 4) is 11.3 Å². The highest BCUT2D eigenvalue weighted by molar-refractivity contribution is 5.96. The van der Waals surface area contributed by atoms with Crippen molar-refractivity contribution in [3.05, 3.63) is 59.2 Å². The molecule has 1 fully saturated rings. The number of halogens is 2. The maximum Gasteiger partial charge on any atom is 0.255 e. The Morgan fingerprint density at radius 2 is 1.76 bits per heavy atom. The molecule has 38 heavy (non-hydrogen) atoms. The number of imidazole rings is 1. The lowest BCUT2D eigenvalue weighted by atomic mass is 10.1. The first-order valence-corrected chi connectivity index (χ1v) is 12.4. The molecule has 1 amide bonds. The van der Waals surface area contributed by atoms with E-state index in [0.717, 1.165) is 6.20 Å². The number of ketones is 1. The van der Waals surface area contributed by atoms with Gasteiger partial charge >= 0.3 is 0 Å². The minimum absolute atomic E-state index is 0.0312. The second kappa shape index (κ2) is 9.88. The number of aromatic nitrogens is 5. The molecule has 3 aromatic heterocycles. The number of nitrogens with one attached hydrogen (secondary N) is 1. The van der Waals surface area contributed by atoms with Gasteiger partial charge in [-0.3, -0.25) is 9.59 Å². The van der Waals surface area contributed by atoms with Crippen molar-refractivity contribution in [2.75, 3.05) is 18.4 Å². The number of nitrogens with zero attached hydrogens (tertiary/aromatic N) is 6. The number of hydrogen-bond acceptors (Lipinski definition) is 7. The molecule has 4 aromatic rings. The summed E-state index contributed by atoms with van der Waals surface area (Å²) >= 11 is 0. The molecule has 0 spiro atoms. The van der Waals surface area contributed by atoms with E-state index < -0.39 is 11.6 Å². The third kappa shape index (κ3) is 4.71. The molecular formula is C27H27F2N7O2. The number of aryl methyl sites for hydroxylation is 2. The number of likely N-dealkylation sites (tertiary alicyclic amines) is 1. The molecule has 0 bridgehead atoms. The molecule has 1 aliphatic rings. The van der Waals surface area contributed by atoms with E-state index in [-0.39, 0.29) is 40.5 Å². The zero-order valence-corrected chi connectivity index (χ0v) is 21.5. The van der Waals surface area contributed by atoms with Crippen molar-refractivity contribution in [3.63, 3.8) is 0 Å². The van der Waals surface area contributed by atoms with E-state index >= 15 is 0 Å². The van der Waals surface area contributed by atoms with E-state index in [1.807, 2.05) is 18.4 Å². The number of pyridine rings is 1. The highest BCUT2D eigenvalue weighted by atomic mass is 19.1. The molecule has 5 rings (SSSR count). The monoisotopic (exact) mass is 519 g/mol. The minimum atomic E-state index is -0.702. The SMILES string of the molecule is Cc1nc(Nc2ncc(F)c(-c3cc(F)c4nc(C)n(C(C)C)c4c3)n2)ccc1C(=O)N1CCC(=O)CC1. The van der Waals surface area contributed by atoms with Crippen LogP contribution < -0.4 is 5.32 Å². The highest BCUT2D eigenvalue weighted by Crippen LogP contribution is 2.30. The predicted octanol–water partition coefficient (Wildman–Crippen LogP) is 4.91. The summed E-state index contributed by atoms with van der Waals surface area (Å²) < 4.78 is 31.7. The molecule has 9 nitrogen and oxygen atoms in total. The molecule has 11 heteroatoms. The van der Waals surface area contributed by atoms with E-state index in [0.29, 0.717) is 54.3 Å². The summed E-state index contributed by atoms with van der Waals surface area (Å²) in [5, 5.41) is 2.94. The quantitative estimate of drug-likeness (QED) is 0.399. The van der Waals surface area contributed by atoms with Crippen molar-refractivity contribution < 1.29 is 18.4 Å². The van der Waals surface area contributed by atoms with E-state index in [1.54, 1.807) is 36.9 Å². The van der Waals surface area contributed by atoms with Crippen LogP contribution in [-0.4, -0.2) is 54.2 Å². The first kappa shape index (κ1) is 25.4. The lowest BCUT2D eigenvalue weighted by Gasteiger charge is -2.26. The number of hydrogen-bond donors (Lipinski definition) is 1. The number of anilines is 2. The van der Waals surface area contributed by atoms with Crippen LogP contribution in [0.5, 0.6) is 0 Å². The summed E-state index contributed by atoms with van der Waals surface area (Å²) in [6.45, 7) is 8.23. The Bertz CT molecular complexity index is 1570. The third-order valence-corrected chi connectivity index (χ3v) is 6.62. The van der Waals surface area contributed by atoms with Gasteiger partial charge in [0.25, 0.3) is 5.91 Å². The lowest BCUT2D eigenvalue weighted by Crippen LogP contribution is -2.39. The fraction of sp³-hybridized carbons (Fsp3) is 0.333. The molecule has 0 unspecified atom stereocenters. The Kier molecular flexibility index (Phi) is 6.60. The maximum absolute atomic E-state index is 15.0. The van der Waals surface area contributed by atoms with Gasteiger partial charge in [-0.15, -0.1) is 0 Å². The van der Waals surface area contributed by atoms with Gasteiger partial charge in [-0.2, -0.15) is 0 Å². The smallest absolute Gasteiger partial charge is 0.255 e. The highest BCUT2D eigenvalue weighted by Gasteiger charge is 2.24. The van der Waals surface area contributed by atoms with Gasteiger partial charge in [-0.25, -0.2) is 28.7 Å². The van der Waals surface area contributed by atoms with Gasteiger partial charge in [0, 0.05) is 37.5 Å². The number of carbonyl (C=O) groups excluding carboxylic acids is 2. The van der Waals surface area contributed by atoms with E-state index in [2.05, 4.69) is 25.3 Å². The molecule has 1 aromatic carbocycles. The molecule has 1 aliphatic heterocycles. The Morgan fingerprint density at radius 3 is 2.45 bits per heavy atom. The zero-order chi connectivity index (χ0) is 27.1. The topological polar surface area (TPSA) is 106 Å². The van der Waals surface area contributed by atoms with Crippen LogP contribution in [0.1, 0.15) is 54.6 Å². The second-order valence-corrected chi connectivity index (χ2v) is 9.62. The average molecular weight is 520 g/mol. The summed E-state index contributed by atoms with van der Waals surface area (Å²) in [4.78, 5) is 43.1. The molecule has 1 N–H and O–H groups in total. The molecule has 4 heterocycles. The Morgan fingerprint density at radius 1 is 1.03 bits per heavy atom. The van der Waals surface area contributed by atoms with Crippen molar-refractivity contribution in [1.29, 1.82) is 0 Å². The molecule has 196 valence electrons. The van der Waals surface area contributed by atoms with Crippen LogP contribution in [0.15, 0.2) is 30.5 Å². The fourth-order valence-electron chi connectivity index (χ4n) is 4.79. The van der Waals surface area contributed by atoms with Crippen LogP contribution in [0.2, 0.25) is 0 Å². The van der Waals surface area contributed by atoms with Gasteiger partial charge in [0.15, 0.2) is 11.6 Å². The number of benzene rings is 1. The van der Waals surface area contributed by atoms with Crippen LogP contribution in [0, 0.1) is 25.5 Å². The normalized spacial score (nSPS) is 14.0. The summed E-state index contributed by atoms with van der Waals surface area (Å²) in [5.74, 6) is -0.201. The summed E-state index contributed by atoms with van der Waals surface area (Å²) in [6.07, 6.45) is 1.73. The summed E-state index contributed by atoms with van der Waals surface area (Å²) in [7, 11) is 0. The van der Waals surface area contributed by atoms with Crippen molar-refractivity contribution in [2.24, 2.45) is 0 Å². The number of amides is 1. The van der Waals surface area contributed by atoms with E-state index in [1.165, 1.54) is 6.07 Å². The standard InChI is InChI=1S/C27H27F2N7O2/c1-14(2)36-16(4)32-25-20(28)11-17(12-22(25)36)24-21(29)13-30-27(34-24)33-23-6-5-19(15(3)31-23)26(38)35-9-7-18(37)8-10-35/h5-6,11-14H,7-10H2,1-4H3,(H,30,31,33,34). The molecule has 0 aliphatic carbocycles. The van der Waals surface area contributed by atoms with Crippen LogP contribution in [0.4, 0.5) is 20.5 Å². The van der Waals surface area contributed by atoms with Crippen LogP contribution >= 0.6 is 0 Å². The average Bonchev–Trinajstić information content (AvgIpc) is 3.22. The summed E-state index contributed by atoms with van der Waals surface area (Å²) in [6, 6.07) is 6.17. The molecule has 1 saturated heterocycles. The van der Waals surface area contributed by atoms with Crippen LogP contribution in [-0.2, 0) is 4.79 Å². The van der Waals surface area contributed by atoms with Gasteiger partial charge in [-0.1, -0.05) is 0 Å². The minimum Gasteiger partial charge on any atom is -0.338 e. The molecule has 0 saturated carbocycles. The lowest BCUT2D eigenvalue weighted by molar-refractivity contribution is -0.120. The largest absolute Gasteiger partial charge is 0.338 e. The number of carbonyl (C=O) groups is 2. The number of fused-ring (bicyclic) bond motifs is 1. The van der Waals surface area contributed by atoms with Crippen molar-refractivity contribution in [1.82, 2.24) is 29.4 Å². The van der Waals surface area contributed by atoms with Crippen LogP contribution in [0.25, 0.3) is 22.3 Å². The number of piperidine rings is 1. The maximum atomic E-state index is 15.0. The second-order valence-electron chi connectivity index (χ2n) is 9.62. The van der Waals surface area contributed by atoms with E-state index in [9.17, 15) is 18.4 Å². The fourth-order valence-corrected chi connectivity index (χ4v) is 4.79. The first-order chi connectivity index (χ1) is 18.1. The zero-order valence-electron chi connectivity index (χ0n) is 21.5. The van der Waals surface area contributed by atoms with Gasteiger partial charge < -0.3 is 14.8 Å². The third-order valence-electron chi connectivity index (χ3n) is 6.62. The predicted molar refractivity (Wildman–Crippen MR) is 138 cm³/mol. The van der Waals surface area contributed by atoms with Crippen molar-refractivity contribution >= 4 is 34.5 Å². The Labute approximate surface area is 217 Å². The number of rotatable bonds is 5. The van der Waals surface area contributed by atoms with Gasteiger partial charge in [-0.05, 0) is 52.0 Å². The molecular weight excluding hydrogens is 492 g/mol. The molecule has 0 radical (unpaired) electrons. The number of Topliss-reactive ketones (excluding diaryl/α,β-unsaturated/α-hetero) is 1. The van der Waals surface area contributed by atoms with E-state index in [4.69, 9.17) is 0 Å². The van der Waals surface area contributed by atoms with Gasteiger partial charge in [0.05, 0.1) is 23.0 Å². The van der Waals surface area contributed by atoms with Gasteiger partial charge in [0.2, 0.25) is 5.95 Å². The van der Waals surface area contributed by atoms with Gasteiger partial charge in [0.1, 0.15) is 28.6 Å². The Hall–Kier alpha value is -4.28. The van der Waals surface area contributed by atoms with Crippen molar-refractivity contribution in [2.45, 2.75) is 46.6 Å². The Balaban J connectivity index is 1.43. The van der Waals surface area contributed by atoms with Crippen LogP contribution in [0.3, 0.4) is 0 Å². The first-order valence-electron chi connectivity index (χ1n) is 12.4.